The van der Waals surface area contributed by atoms with E-state index in [0.717, 1.165) is 27.9 Å². The Morgan fingerprint density at radius 2 is 1.85 bits per heavy atom. The van der Waals surface area contributed by atoms with Crippen LogP contribution in [0.3, 0.4) is 0 Å². The highest BCUT2D eigenvalue weighted by Gasteiger charge is 2.07. The molecule has 2 aromatic carbocycles. The van der Waals surface area contributed by atoms with E-state index in [0.29, 0.717) is 5.56 Å². The van der Waals surface area contributed by atoms with E-state index in [1.807, 2.05) is 62.4 Å². The summed E-state index contributed by atoms with van der Waals surface area (Å²) < 4.78 is 5.59. The molecule has 0 atom stereocenters. The summed E-state index contributed by atoms with van der Waals surface area (Å²) in [5, 5.41) is 3.81. The number of hydrogen-bond donors (Lipinski definition) is 2. The molecule has 1 heterocycles. The molecular formula is C21H22N2O3. The van der Waals surface area contributed by atoms with Crippen molar-refractivity contribution in [1.29, 1.82) is 0 Å². The predicted molar refractivity (Wildman–Crippen MR) is 104 cm³/mol. The van der Waals surface area contributed by atoms with Gasteiger partial charge in [0.05, 0.1) is 12.5 Å². The van der Waals surface area contributed by atoms with Crippen LogP contribution in [0.1, 0.15) is 25.0 Å². The zero-order valence-electron chi connectivity index (χ0n) is 15.1. The summed E-state index contributed by atoms with van der Waals surface area (Å²) in [5.41, 5.74) is 2.95. The van der Waals surface area contributed by atoms with Crippen molar-refractivity contribution in [2.45, 2.75) is 33.3 Å². The van der Waals surface area contributed by atoms with Crippen LogP contribution in [0.25, 0.3) is 10.9 Å². The molecule has 3 aromatic rings. The Morgan fingerprint density at radius 3 is 2.54 bits per heavy atom. The fourth-order valence-corrected chi connectivity index (χ4v) is 2.75. The third-order valence-electron chi connectivity index (χ3n) is 3.97. The van der Waals surface area contributed by atoms with Gasteiger partial charge in [-0.15, -0.1) is 0 Å². The number of carbonyl (C=O) groups excluding carboxylic acids is 1. The number of nitrogens with one attached hydrogen (secondary N) is 2. The van der Waals surface area contributed by atoms with Gasteiger partial charge in [-0.25, -0.2) is 0 Å². The largest absolute Gasteiger partial charge is 0.491 e. The first-order valence-corrected chi connectivity index (χ1v) is 8.60. The van der Waals surface area contributed by atoms with E-state index < -0.39 is 0 Å². The number of ether oxygens (including phenoxy) is 1. The number of aryl methyl sites for hydroxylation is 1. The Bertz CT molecular complexity index is 988. The molecule has 0 fully saturated rings. The van der Waals surface area contributed by atoms with Gasteiger partial charge in [-0.05, 0) is 74.2 Å². The van der Waals surface area contributed by atoms with Crippen molar-refractivity contribution in [3.63, 3.8) is 0 Å². The highest BCUT2D eigenvalue weighted by atomic mass is 16.5. The van der Waals surface area contributed by atoms with E-state index >= 15 is 0 Å². The Kier molecular flexibility index (Phi) is 5.07. The molecule has 0 aliphatic heterocycles. The minimum atomic E-state index is -0.0944. The minimum Gasteiger partial charge on any atom is -0.491 e. The maximum absolute atomic E-state index is 12.3. The van der Waals surface area contributed by atoms with Gasteiger partial charge in [0.25, 0.3) is 5.56 Å². The summed E-state index contributed by atoms with van der Waals surface area (Å²) in [4.78, 5) is 26.8. The van der Waals surface area contributed by atoms with Crippen molar-refractivity contribution < 1.29 is 9.53 Å². The number of anilines is 1. The van der Waals surface area contributed by atoms with Crippen LogP contribution in [0.4, 0.5) is 5.69 Å². The summed E-state index contributed by atoms with van der Waals surface area (Å²) >= 11 is 0. The van der Waals surface area contributed by atoms with Crippen molar-refractivity contribution in [2.24, 2.45) is 0 Å². The van der Waals surface area contributed by atoms with Crippen LogP contribution < -0.4 is 15.6 Å². The Morgan fingerprint density at radius 1 is 1.12 bits per heavy atom. The molecule has 2 N–H and O–H groups in total. The molecule has 0 unspecified atom stereocenters. The molecule has 5 heteroatoms. The second kappa shape index (κ2) is 7.44. The number of amides is 1. The topological polar surface area (TPSA) is 71.2 Å². The van der Waals surface area contributed by atoms with E-state index in [9.17, 15) is 9.59 Å². The maximum Gasteiger partial charge on any atom is 0.251 e. The summed E-state index contributed by atoms with van der Waals surface area (Å²) in [6, 6.07) is 14.8. The fraction of sp³-hybridized carbons (Fsp3) is 0.238. The van der Waals surface area contributed by atoms with E-state index in [2.05, 4.69) is 10.3 Å². The molecule has 1 aromatic heterocycles. The lowest BCUT2D eigenvalue weighted by molar-refractivity contribution is -0.115. The lowest BCUT2D eigenvalue weighted by Crippen LogP contribution is -2.14. The number of aromatic nitrogens is 1. The molecule has 26 heavy (non-hydrogen) atoms. The molecule has 0 radical (unpaired) electrons. The van der Waals surface area contributed by atoms with Gasteiger partial charge in [-0.2, -0.15) is 0 Å². The van der Waals surface area contributed by atoms with Crippen LogP contribution in [0.5, 0.6) is 5.75 Å². The quantitative estimate of drug-likeness (QED) is 0.735. The van der Waals surface area contributed by atoms with E-state index in [1.165, 1.54) is 0 Å². The zero-order chi connectivity index (χ0) is 18.7. The zero-order valence-corrected chi connectivity index (χ0v) is 15.1. The predicted octanol–water partition coefficient (Wildman–Crippen LogP) is 3.80. The summed E-state index contributed by atoms with van der Waals surface area (Å²) in [5.74, 6) is 0.680. The summed E-state index contributed by atoms with van der Waals surface area (Å²) in [6.45, 7) is 5.71. The second-order valence-electron chi connectivity index (χ2n) is 6.62. The number of carbonyl (C=O) groups is 1. The highest BCUT2D eigenvalue weighted by molar-refractivity contribution is 5.93. The number of aromatic amines is 1. The SMILES string of the molecule is Cc1cc2cc(CC(=O)Nc3ccc(OC(C)C)cc3)ccc2[nH]c1=O. The Hall–Kier alpha value is -3.08. The summed E-state index contributed by atoms with van der Waals surface area (Å²) in [6.07, 6.45) is 0.375. The van der Waals surface area contributed by atoms with Gasteiger partial charge in [-0.1, -0.05) is 6.07 Å². The lowest BCUT2D eigenvalue weighted by atomic mass is 10.1. The molecule has 3 rings (SSSR count). The van der Waals surface area contributed by atoms with Crippen LogP contribution in [0.15, 0.2) is 53.3 Å². The van der Waals surface area contributed by atoms with Crippen LogP contribution >= 0.6 is 0 Å². The third-order valence-corrected chi connectivity index (χ3v) is 3.97. The monoisotopic (exact) mass is 350 g/mol. The fourth-order valence-electron chi connectivity index (χ4n) is 2.75. The van der Waals surface area contributed by atoms with Crippen molar-refractivity contribution in [3.8, 4) is 5.75 Å². The number of H-pyrrole nitrogens is 1. The summed E-state index contributed by atoms with van der Waals surface area (Å²) in [7, 11) is 0. The molecule has 134 valence electrons. The first kappa shape index (κ1) is 17.7. The van der Waals surface area contributed by atoms with Gasteiger partial charge < -0.3 is 15.0 Å². The van der Waals surface area contributed by atoms with Gasteiger partial charge in [-0.3, -0.25) is 9.59 Å². The van der Waals surface area contributed by atoms with Gasteiger partial charge in [0.15, 0.2) is 0 Å². The number of hydrogen-bond acceptors (Lipinski definition) is 3. The van der Waals surface area contributed by atoms with Crippen molar-refractivity contribution in [1.82, 2.24) is 4.98 Å². The lowest BCUT2D eigenvalue weighted by Gasteiger charge is -2.11. The van der Waals surface area contributed by atoms with Gasteiger partial charge >= 0.3 is 0 Å². The van der Waals surface area contributed by atoms with E-state index in [4.69, 9.17) is 4.74 Å². The molecule has 1 amide bonds. The number of fused-ring (bicyclic) bond motifs is 1. The van der Waals surface area contributed by atoms with Crippen LogP contribution in [-0.2, 0) is 11.2 Å². The normalized spacial score (nSPS) is 10.9. The average Bonchev–Trinajstić information content (AvgIpc) is 2.57. The molecule has 0 saturated carbocycles. The first-order valence-electron chi connectivity index (χ1n) is 8.60. The first-order chi connectivity index (χ1) is 12.4. The second-order valence-corrected chi connectivity index (χ2v) is 6.62. The average molecular weight is 350 g/mol. The van der Waals surface area contributed by atoms with E-state index in [1.54, 1.807) is 6.92 Å². The molecule has 0 saturated heterocycles. The molecule has 0 aliphatic rings. The standard InChI is InChI=1S/C21H22N2O3/c1-13(2)26-18-7-5-17(6-8-18)22-20(24)12-15-4-9-19-16(11-15)10-14(3)21(25)23-19/h4-11,13H,12H2,1-3H3,(H,22,24)(H,23,25). The smallest absolute Gasteiger partial charge is 0.251 e. The molecule has 0 bridgehead atoms. The Balaban J connectivity index is 1.68. The number of pyridine rings is 1. The number of rotatable bonds is 5. The van der Waals surface area contributed by atoms with Crippen molar-refractivity contribution in [2.75, 3.05) is 5.32 Å². The van der Waals surface area contributed by atoms with Crippen LogP contribution in [0, 0.1) is 6.92 Å². The highest BCUT2D eigenvalue weighted by Crippen LogP contribution is 2.18. The molecule has 5 nitrogen and oxygen atoms in total. The van der Waals surface area contributed by atoms with Gasteiger partial charge in [0.2, 0.25) is 5.91 Å². The molecular weight excluding hydrogens is 328 g/mol. The maximum atomic E-state index is 12.3. The van der Waals surface area contributed by atoms with Crippen molar-refractivity contribution in [3.05, 3.63) is 70.0 Å². The van der Waals surface area contributed by atoms with Crippen LogP contribution in [-0.4, -0.2) is 17.0 Å². The van der Waals surface area contributed by atoms with Gasteiger partial charge in [0.1, 0.15) is 5.75 Å². The molecule has 0 spiro atoms. The van der Waals surface area contributed by atoms with Crippen LogP contribution in [0.2, 0.25) is 0 Å². The Labute approximate surface area is 152 Å². The van der Waals surface area contributed by atoms with Gasteiger partial charge in [0, 0.05) is 16.8 Å². The minimum absolute atomic E-state index is 0.0899. The molecule has 0 aliphatic carbocycles. The van der Waals surface area contributed by atoms with Crippen molar-refractivity contribution >= 4 is 22.5 Å². The number of benzene rings is 2. The third kappa shape index (κ3) is 4.30. The van der Waals surface area contributed by atoms with E-state index in [-0.39, 0.29) is 24.0 Å².